The first-order chi connectivity index (χ1) is 12.2. The van der Waals surface area contributed by atoms with Gasteiger partial charge in [0.15, 0.2) is 0 Å². The van der Waals surface area contributed by atoms with E-state index in [1.54, 1.807) is 25.3 Å². The maximum absolute atomic E-state index is 12.2. The summed E-state index contributed by atoms with van der Waals surface area (Å²) in [6, 6.07) is 6.63. The first kappa shape index (κ1) is 22.2. The number of sulfonamides is 1. The van der Waals surface area contributed by atoms with Crippen LogP contribution in [0.3, 0.4) is 0 Å². The molecule has 1 unspecified atom stereocenters. The quantitative estimate of drug-likeness (QED) is 0.546. The third-order valence-electron chi connectivity index (χ3n) is 3.81. The van der Waals surface area contributed by atoms with Gasteiger partial charge in [-0.1, -0.05) is 31.9 Å². The monoisotopic (exact) mass is 384 g/mol. The number of benzene rings is 1. The van der Waals surface area contributed by atoms with Gasteiger partial charge in [0.05, 0.1) is 12.4 Å². The number of nitrogens with one attached hydrogen (secondary N) is 3. The SMILES string of the molecule is [CH2][C@@H](CC(CCCC)NC(=O)NCc1cccc(NS(C)(=O)=O)c1)OC. The van der Waals surface area contributed by atoms with Crippen LogP contribution in [0, 0.1) is 6.92 Å². The molecule has 1 aromatic carbocycles. The van der Waals surface area contributed by atoms with Gasteiger partial charge in [0.25, 0.3) is 0 Å². The van der Waals surface area contributed by atoms with E-state index >= 15 is 0 Å². The van der Waals surface area contributed by atoms with Crippen LogP contribution >= 0.6 is 0 Å². The summed E-state index contributed by atoms with van der Waals surface area (Å²) in [5, 5.41) is 5.76. The van der Waals surface area contributed by atoms with E-state index in [1.807, 2.05) is 6.07 Å². The topological polar surface area (TPSA) is 96.5 Å². The summed E-state index contributed by atoms with van der Waals surface area (Å²) < 4.78 is 30.2. The van der Waals surface area contributed by atoms with Gasteiger partial charge < -0.3 is 15.4 Å². The molecule has 0 aliphatic rings. The Labute approximate surface area is 156 Å². The van der Waals surface area contributed by atoms with E-state index in [1.165, 1.54) is 0 Å². The third kappa shape index (κ3) is 9.62. The van der Waals surface area contributed by atoms with Crippen molar-refractivity contribution in [2.45, 2.75) is 51.3 Å². The molecule has 0 bridgehead atoms. The highest BCUT2D eigenvalue weighted by Gasteiger charge is 2.15. The van der Waals surface area contributed by atoms with Crippen LogP contribution < -0.4 is 15.4 Å². The Morgan fingerprint density at radius 3 is 2.69 bits per heavy atom. The Bertz CT molecular complexity index is 664. The highest BCUT2D eigenvalue weighted by molar-refractivity contribution is 7.92. The van der Waals surface area contributed by atoms with Crippen molar-refractivity contribution in [3.63, 3.8) is 0 Å². The Morgan fingerprint density at radius 2 is 2.08 bits per heavy atom. The molecule has 3 N–H and O–H groups in total. The first-order valence-electron chi connectivity index (χ1n) is 8.70. The summed E-state index contributed by atoms with van der Waals surface area (Å²) in [5.41, 5.74) is 1.26. The molecule has 1 radical (unpaired) electrons. The normalized spacial score (nSPS) is 13.7. The molecular formula is C18H30N3O4S. The maximum Gasteiger partial charge on any atom is 0.315 e. The fourth-order valence-electron chi connectivity index (χ4n) is 2.49. The Hall–Kier alpha value is -1.80. The zero-order valence-corrected chi connectivity index (χ0v) is 16.6. The average Bonchev–Trinajstić information content (AvgIpc) is 2.56. The van der Waals surface area contributed by atoms with Crippen molar-refractivity contribution in [3.8, 4) is 0 Å². The predicted octanol–water partition coefficient (Wildman–Crippen LogP) is 2.66. The largest absolute Gasteiger partial charge is 0.381 e. The summed E-state index contributed by atoms with van der Waals surface area (Å²) in [4.78, 5) is 12.2. The van der Waals surface area contributed by atoms with Gasteiger partial charge in [-0.2, -0.15) is 0 Å². The molecule has 2 amide bonds. The van der Waals surface area contributed by atoms with Crippen LogP contribution in [0.25, 0.3) is 0 Å². The van der Waals surface area contributed by atoms with Gasteiger partial charge in [-0.05, 0) is 37.5 Å². The van der Waals surface area contributed by atoms with E-state index in [9.17, 15) is 13.2 Å². The summed E-state index contributed by atoms with van der Waals surface area (Å²) in [6.07, 6.45) is 4.51. The van der Waals surface area contributed by atoms with Gasteiger partial charge in [0.1, 0.15) is 0 Å². The standard InChI is InChI=1S/C18H30N3O4S/c1-5-6-9-16(11-14(2)25-3)20-18(22)19-13-15-8-7-10-17(12-15)21-26(4,23)24/h7-8,10,12,14,16,21H,2,5-6,9,11,13H2,1,3-4H3,(H2,19,20,22)/t14-,16?/m0/s1. The minimum absolute atomic E-state index is 0.00404. The first-order valence-corrected chi connectivity index (χ1v) is 10.6. The van der Waals surface area contributed by atoms with Crippen molar-refractivity contribution in [2.75, 3.05) is 18.1 Å². The maximum atomic E-state index is 12.2. The summed E-state index contributed by atoms with van der Waals surface area (Å²) in [5.74, 6) is 0. The molecule has 0 aromatic heterocycles. The highest BCUT2D eigenvalue weighted by Crippen LogP contribution is 2.12. The van der Waals surface area contributed by atoms with E-state index in [4.69, 9.17) is 4.74 Å². The molecule has 7 nitrogen and oxygen atoms in total. The van der Waals surface area contributed by atoms with Gasteiger partial charge in [-0.15, -0.1) is 0 Å². The molecule has 8 heteroatoms. The molecule has 0 aliphatic heterocycles. The highest BCUT2D eigenvalue weighted by atomic mass is 32.2. The van der Waals surface area contributed by atoms with Crippen LogP contribution in [-0.4, -0.2) is 40.0 Å². The van der Waals surface area contributed by atoms with Crippen molar-refractivity contribution in [2.24, 2.45) is 0 Å². The average molecular weight is 385 g/mol. The van der Waals surface area contributed by atoms with Gasteiger partial charge in [0, 0.05) is 25.4 Å². The lowest BCUT2D eigenvalue weighted by Crippen LogP contribution is -2.43. The number of urea groups is 1. The molecule has 0 heterocycles. The molecule has 0 spiro atoms. The summed E-state index contributed by atoms with van der Waals surface area (Å²) in [6.45, 7) is 6.29. The van der Waals surface area contributed by atoms with Crippen molar-refractivity contribution in [1.29, 1.82) is 0 Å². The number of rotatable bonds is 11. The van der Waals surface area contributed by atoms with E-state index in [-0.39, 0.29) is 18.2 Å². The lowest BCUT2D eigenvalue weighted by Gasteiger charge is -2.22. The number of methoxy groups -OCH3 is 1. The van der Waals surface area contributed by atoms with Crippen LogP contribution in [-0.2, 0) is 21.3 Å². The van der Waals surface area contributed by atoms with E-state index < -0.39 is 10.0 Å². The third-order valence-corrected chi connectivity index (χ3v) is 4.41. The van der Waals surface area contributed by atoms with E-state index in [0.29, 0.717) is 18.7 Å². The number of hydrogen-bond acceptors (Lipinski definition) is 4. The molecule has 0 fully saturated rings. The van der Waals surface area contributed by atoms with Crippen LogP contribution in [0.15, 0.2) is 24.3 Å². The predicted molar refractivity (Wildman–Crippen MR) is 104 cm³/mol. The van der Waals surface area contributed by atoms with Crippen LogP contribution in [0.2, 0.25) is 0 Å². The Kier molecular flexibility index (Phi) is 9.43. The van der Waals surface area contributed by atoms with Gasteiger partial charge in [0.2, 0.25) is 10.0 Å². The van der Waals surface area contributed by atoms with Gasteiger partial charge >= 0.3 is 6.03 Å². The fraction of sp³-hybridized carbons (Fsp3) is 0.556. The van der Waals surface area contributed by atoms with Crippen LogP contribution in [0.5, 0.6) is 0 Å². The molecule has 26 heavy (non-hydrogen) atoms. The smallest absolute Gasteiger partial charge is 0.315 e. The minimum atomic E-state index is -3.33. The molecule has 1 aromatic rings. The second-order valence-corrected chi connectivity index (χ2v) is 8.08. The number of carbonyl (C=O) groups excluding carboxylic acids is 1. The molecule has 0 saturated carbocycles. The molecule has 147 valence electrons. The molecule has 1 rings (SSSR count). The molecule has 2 atom stereocenters. The van der Waals surface area contributed by atoms with Crippen molar-refractivity contribution >= 4 is 21.7 Å². The van der Waals surface area contributed by atoms with Crippen LogP contribution in [0.4, 0.5) is 10.5 Å². The lowest BCUT2D eigenvalue weighted by molar-refractivity contribution is 0.120. The minimum Gasteiger partial charge on any atom is -0.381 e. The molecular weight excluding hydrogens is 354 g/mol. The number of ether oxygens (including phenoxy) is 1. The second kappa shape index (κ2) is 11.0. The number of anilines is 1. The van der Waals surface area contributed by atoms with E-state index in [2.05, 4.69) is 29.2 Å². The summed E-state index contributed by atoms with van der Waals surface area (Å²) >= 11 is 0. The van der Waals surface area contributed by atoms with Crippen molar-refractivity contribution in [3.05, 3.63) is 36.8 Å². The van der Waals surface area contributed by atoms with Crippen molar-refractivity contribution < 1.29 is 17.9 Å². The number of unbranched alkanes of at least 4 members (excludes halogenated alkanes) is 1. The number of hydrogen-bond donors (Lipinski definition) is 3. The molecule has 0 saturated heterocycles. The van der Waals surface area contributed by atoms with Gasteiger partial charge in [-0.25, -0.2) is 13.2 Å². The summed E-state index contributed by atoms with van der Waals surface area (Å²) in [7, 11) is -1.73. The molecule has 0 aliphatic carbocycles. The van der Waals surface area contributed by atoms with E-state index in [0.717, 1.165) is 31.1 Å². The van der Waals surface area contributed by atoms with Gasteiger partial charge in [-0.3, -0.25) is 4.72 Å². The number of amides is 2. The van der Waals surface area contributed by atoms with Crippen molar-refractivity contribution in [1.82, 2.24) is 10.6 Å². The number of carbonyl (C=O) groups is 1. The Balaban J connectivity index is 2.57. The Morgan fingerprint density at radius 1 is 1.35 bits per heavy atom. The fourth-order valence-corrected chi connectivity index (χ4v) is 3.05. The van der Waals surface area contributed by atoms with Crippen LogP contribution in [0.1, 0.15) is 38.2 Å². The zero-order valence-electron chi connectivity index (χ0n) is 15.7. The second-order valence-electron chi connectivity index (χ2n) is 6.33. The lowest BCUT2D eigenvalue weighted by atomic mass is 10.0. The zero-order chi connectivity index (χ0) is 19.6.